The number of amides is 2. The predicted molar refractivity (Wildman–Crippen MR) is 127 cm³/mol. The fraction of sp³-hybridized carbons (Fsp3) is 0.375. The molecule has 9 nitrogen and oxygen atoms in total. The number of esters is 1. The lowest BCUT2D eigenvalue weighted by molar-refractivity contribution is -0.128. The van der Waals surface area contributed by atoms with Crippen LogP contribution in [0, 0.1) is 6.92 Å². The smallest absolute Gasteiger partial charge is 0.338 e. The van der Waals surface area contributed by atoms with E-state index in [0.717, 1.165) is 22.8 Å². The summed E-state index contributed by atoms with van der Waals surface area (Å²) in [7, 11) is -0.819. The van der Waals surface area contributed by atoms with Crippen molar-refractivity contribution in [3.63, 3.8) is 0 Å². The molecule has 1 fully saturated rings. The monoisotopic (exact) mass is 487 g/mol. The van der Waals surface area contributed by atoms with Gasteiger partial charge in [-0.2, -0.15) is 0 Å². The molecule has 0 aliphatic carbocycles. The molecule has 1 heterocycles. The van der Waals surface area contributed by atoms with Gasteiger partial charge in [0.05, 0.1) is 10.5 Å². The second-order valence-corrected chi connectivity index (χ2v) is 10.6. The van der Waals surface area contributed by atoms with Gasteiger partial charge in [-0.05, 0) is 55.7 Å². The van der Waals surface area contributed by atoms with Crippen molar-refractivity contribution >= 4 is 33.5 Å². The van der Waals surface area contributed by atoms with E-state index in [4.69, 9.17) is 4.74 Å². The summed E-state index contributed by atoms with van der Waals surface area (Å²) < 4.78 is 31.1. The molecule has 1 aliphatic heterocycles. The molecule has 34 heavy (non-hydrogen) atoms. The van der Waals surface area contributed by atoms with E-state index in [0.29, 0.717) is 24.2 Å². The van der Waals surface area contributed by atoms with Crippen LogP contribution in [-0.2, 0) is 30.9 Å². The van der Waals surface area contributed by atoms with E-state index in [1.807, 2.05) is 0 Å². The van der Waals surface area contributed by atoms with Crippen LogP contribution in [0.15, 0.2) is 47.4 Å². The average Bonchev–Trinajstić information content (AvgIpc) is 3.19. The first-order valence-electron chi connectivity index (χ1n) is 10.9. The number of benzene rings is 2. The van der Waals surface area contributed by atoms with Crippen molar-refractivity contribution in [1.82, 2.24) is 9.21 Å². The highest BCUT2D eigenvalue weighted by atomic mass is 32.2. The van der Waals surface area contributed by atoms with E-state index in [9.17, 15) is 22.8 Å². The van der Waals surface area contributed by atoms with Crippen molar-refractivity contribution in [1.29, 1.82) is 0 Å². The molecule has 182 valence electrons. The van der Waals surface area contributed by atoms with Crippen LogP contribution < -0.4 is 5.32 Å². The molecular formula is C24H29N3O6S. The zero-order valence-electron chi connectivity index (χ0n) is 19.7. The third-order valence-corrected chi connectivity index (χ3v) is 7.44. The number of hydrogen-bond acceptors (Lipinski definition) is 6. The van der Waals surface area contributed by atoms with Crippen molar-refractivity contribution in [2.24, 2.45) is 0 Å². The van der Waals surface area contributed by atoms with Crippen molar-refractivity contribution in [3.8, 4) is 0 Å². The summed E-state index contributed by atoms with van der Waals surface area (Å²) >= 11 is 0. The van der Waals surface area contributed by atoms with Gasteiger partial charge in [0.2, 0.25) is 15.9 Å². The maximum Gasteiger partial charge on any atom is 0.338 e. The van der Waals surface area contributed by atoms with Crippen LogP contribution in [0.3, 0.4) is 0 Å². The molecule has 10 heteroatoms. The van der Waals surface area contributed by atoms with E-state index in [2.05, 4.69) is 5.32 Å². The van der Waals surface area contributed by atoms with Crippen molar-refractivity contribution < 1.29 is 27.5 Å². The first kappa shape index (κ1) is 25.4. The highest BCUT2D eigenvalue weighted by molar-refractivity contribution is 7.89. The van der Waals surface area contributed by atoms with Crippen LogP contribution >= 0.6 is 0 Å². The minimum Gasteiger partial charge on any atom is -0.449 e. The fourth-order valence-corrected chi connectivity index (χ4v) is 4.39. The van der Waals surface area contributed by atoms with E-state index < -0.39 is 28.0 Å². The van der Waals surface area contributed by atoms with Crippen molar-refractivity contribution in [3.05, 3.63) is 59.2 Å². The van der Waals surface area contributed by atoms with Gasteiger partial charge in [0, 0.05) is 39.3 Å². The van der Waals surface area contributed by atoms with Gasteiger partial charge in [-0.1, -0.05) is 18.2 Å². The summed E-state index contributed by atoms with van der Waals surface area (Å²) in [6.07, 6.45) is 0.320. The highest BCUT2D eigenvalue weighted by Gasteiger charge is 2.23. The Morgan fingerprint density at radius 3 is 2.41 bits per heavy atom. The first-order valence-corrected chi connectivity index (χ1v) is 12.3. The van der Waals surface area contributed by atoms with Crippen LogP contribution in [0.5, 0.6) is 0 Å². The van der Waals surface area contributed by atoms with E-state index in [1.54, 1.807) is 42.2 Å². The molecule has 2 aromatic carbocycles. The van der Waals surface area contributed by atoms with E-state index in [-0.39, 0.29) is 16.4 Å². The molecule has 2 amide bonds. The largest absolute Gasteiger partial charge is 0.449 e. The number of sulfonamides is 1. The number of hydrogen-bond donors (Lipinski definition) is 1. The zero-order chi connectivity index (χ0) is 25.0. The predicted octanol–water partition coefficient (Wildman–Crippen LogP) is 2.55. The lowest BCUT2D eigenvalue weighted by atomic mass is 10.1. The first-order chi connectivity index (χ1) is 16.0. The highest BCUT2D eigenvalue weighted by Crippen LogP contribution is 2.22. The molecule has 0 spiro atoms. The van der Waals surface area contributed by atoms with Crippen LogP contribution in [-0.4, -0.2) is 62.2 Å². The molecule has 1 N–H and O–H groups in total. The van der Waals surface area contributed by atoms with Crippen LogP contribution in [0.2, 0.25) is 0 Å². The molecule has 2 aromatic rings. The summed E-state index contributed by atoms with van der Waals surface area (Å²) in [5, 5.41) is 2.64. The van der Waals surface area contributed by atoms with Gasteiger partial charge in [0.1, 0.15) is 0 Å². The maximum atomic E-state index is 12.6. The minimum atomic E-state index is -3.67. The lowest BCUT2D eigenvalue weighted by Crippen LogP contribution is -2.30. The molecule has 0 radical (unpaired) electrons. The molecular weight excluding hydrogens is 458 g/mol. The fourth-order valence-electron chi connectivity index (χ4n) is 3.46. The van der Waals surface area contributed by atoms with Crippen molar-refractivity contribution in [2.45, 2.75) is 44.2 Å². The second kappa shape index (κ2) is 10.4. The molecule has 1 atom stereocenters. The Bertz CT molecular complexity index is 1190. The lowest BCUT2D eigenvalue weighted by Gasteiger charge is -2.17. The number of ether oxygens (including phenoxy) is 1. The summed E-state index contributed by atoms with van der Waals surface area (Å²) in [5.41, 5.74) is 2.17. The number of nitrogens with one attached hydrogen (secondary N) is 1. The standard InChI is InChI=1S/C24H29N3O6S/c1-16-7-12-20(34(31,32)26(3)4)14-21(16)25-23(29)17(2)33-24(30)19-10-8-18(9-11-19)15-27-13-5-6-22(27)28/h7-12,14,17H,5-6,13,15H2,1-4H3,(H,25,29)/t17-/m1/s1. The Morgan fingerprint density at radius 1 is 1.15 bits per heavy atom. The van der Waals surface area contributed by atoms with Crippen LogP contribution in [0.1, 0.15) is 41.3 Å². The minimum absolute atomic E-state index is 0.0405. The van der Waals surface area contributed by atoms with E-state index in [1.165, 1.54) is 33.2 Å². The van der Waals surface area contributed by atoms with Gasteiger partial charge < -0.3 is 15.0 Å². The van der Waals surface area contributed by atoms with Crippen LogP contribution in [0.4, 0.5) is 5.69 Å². The molecule has 1 saturated heterocycles. The van der Waals surface area contributed by atoms with Crippen LogP contribution in [0.25, 0.3) is 0 Å². The number of likely N-dealkylation sites (tertiary alicyclic amines) is 1. The van der Waals surface area contributed by atoms with Gasteiger partial charge in [0.15, 0.2) is 6.10 Å². The van der Waals surface area contributed by atoms with Gasteiger partial charge in [0.25, 0.3) is 5.91 Å². The summed E-state index contributed by atoms with van der Waals surface area (Å²) in [6.45, 7) is 4.40. The quantitative estimate of drug-likeness (QED) is 0.573. The Morgan fingerprint density at radius 2 is 1.82 bits per heavy atom. The number of carbonyl (C=O) groups excluding carboxylic acids is 3. The van der Waals surface area contributed by atoms with E-state index >= 15 is 0 Å². The average molecular weight is 488 g/mol. The molecule has 1 aliphatic rings. The third kappa shape index (κ3) is 5.81. The van der Waals surface area contributed by atoms with Gasteiger partial charge in [-0.3, -0.25) is 9.59 Å². The SMILES string of the molecule is Cc1ccc(S(=O)(=O)N(C)C)cc1NC(=O)[C@@H](C)OC(=O)c1ccc(CN2CCCC2=O)cc1. The van der Waals surface area contributed by atoms with Gasteiger partial charge in [-0.15, -0.1) is 0 Å². The Labute approximate surface area is 199 Å². The number of rotatable bonds is 8. The Kier molecular flexibility index (Phi) is 7.73. The van der Waals surface area contributed by atoms with Gasteiger partial charge in [-0.25, -0.2) is 17.5 Å². The molecule has 0 unspecified atom stereocenters. The van der Waals surface area contributed by atoms with Gasteiger partial charge >= 0.3 is 5.97 Å². The number of anilines is 1. The molecule has 3 rings (SSSR count). The zero-order valence-corrected chi connectivity index (χ0v) is 20.5. The normalized spacial score (nSPS) is 14.9. The number of aryl methyl sites for hydroxylation is 1. The second-order valence-electron chi connectivity index (χ2n) is 8.42. The summed E-state index contributed by atoms with van der Waals surface area (Å²) in [5.74, 6) is -1.12. The third-order valence-electron chi connectivity index (χ3n) is 5.63. The molecule has 0 bridgehead atoms. The number of nitrogens with zero attached hydrogens (tertiary/aromatic N) is 2. The summed E-state index contributed by atoms with van der Waals surface area (Å²) in [4.78, 5) is 38.7. The Balaban J connectivity index is 1.62. The molecule has 0 saturated carbocycles. The number of carbonyl (C=O) groups is 3. The summed E-state index contributed by atoms with van der Waals surface area (Å²) in [6, 6.07) is 11.2. The van der Waals surface area contributed by atoms with Crippen molar-refractivity contribution in [2.75, 3.05) is 26.0 Å². The molecule has 0 aromatic heterocycles. The Hall–Kier alpha value is -3.24. The maximum absolute atomic E-state index is 12.6. The topological polar surface area (TPSA) is 113 Å².